The van der Waals surface area contributed by atoms with Crippen molar-refractivity contribution in [2.45, 2.75) is 12.8 Å². The second-order valence-corrected chi connectivity index (χ2v) is 7.71. The molecule has 0 unspecified atom stereocenters. The summed E-state index contributed by atoms with van der Waals surface area (Å²) in [6.45, 7) is 2.62. The molecule has 0 saturated carbocycles. The first-order chi connectivity index (χ1) is 15.1. The maximum atomic E-state index is 13.1. The van der Waals surface area contributed by atoms with E-state index in [0.717, 1.165) is 16.8 Å². The van der Waals surface area contributed by atoms with Crippen LogP contribution in [0.3, 0.4) is 0 Å². The monoisotopic (exact) mass is 416 g/mol. The molecule has 0 N–H and O–H groups in total. The van der Waals surface area contributed by atoms with Gasteiger partial charge in [0.1, 0.15) is 5.82 Å². The molecular weight excluding hydrogens is 391 g/mol. The third-order valence-electron chi connectivity index (χ3n) is 5.70. The lowest BCUT2D eigenvalue weighted by Gasteiger charge is -2.36. The van der Waals surface area contributed by atoms with E-state index in [1.54, 1.807) is 12.1 Å². The Balaban J connectivity index is 1.26. The zero-order chi connectivity index (χ0) is 21.6. The number of rotatable bonds is 6. The number of piperazine rings is 1. The van der Waals surface area contributed by atoms with E-state index in [9.17, 15) is 14.0 Å². The average molecular weight is 416 g/mol. The van der Waals surface area contributed by atoms with Crippen LogP contribution >= 0.6 is 0 Å². The summed E-state index contributed by atoms with van der Waals surface area (Å²) >= 11 is 0. The highest BCUT2D eigenvalue weighted by Crippen LogP contribution is 2.21. The fraction of sp³-hybridized carbons (Fsp3) is 0.231. The average Bonchev–Trinajstić information content (AvgIpc) is 2.83. The third kappa shape index (κ3) is 5.18. The highest BCUT2D eigenvalue weighted by atomic mass is 19.1. The van der Waals surface area contributed by atoms with Crippen molar-refractivity contribution >= 4 is 17.4 Å². The van der Waals surface area contributed by atoms with Crippen molar-refractivity contribution in [3.63, 3.8) is 0 Å². The number of hydrogen-bond acceptors (Lipinski definition) is 3. The van der Waals surface area contributed by atoms with Crippen LogP contribution < -0.4 is 4.90 Å². The molecule has 1 saturated heterocycles. The Labute approximate surface area is 181 Å². The predicted molar refractivity (Wildman–Crippen MR) is 121 cm³/mol. The zero-order valence-electron chi connectivity index (χ0n) is 17.3. The Kier molecular flexibility index (Phi) is 6.41. The second kappa shape index (κ2) is 9.56. The minimum absolute atomic E-state index is 0.00742. The summed E-state index contributed by atoms with van der Waals surface area (Å²) in [6.07, 6.45) is 0.428. The van der Waals surface area contributed by atoms with E-state index >= 15 is 0 Å². The van der Waals surface area contributed by atoms with Crippen LogP contribution in [0.2, 0.25) is 0 Å². The van der Waals surface area contributed by atoms with Gasteiger partial charge in [-0.3, -0.25) is 9.59 Å². The smallest absolute Gasteiger partial charge is 0.223 e. The molecule has 1 fully saturated rings. The third-order valence-corrected chi connectivity index (χ3v) is 5.70. The minimum atomic E-state index is -0.253. The summed E-state index contributed by atoms with van der Waals surface area (Å²) in [4.78, 5) is 29.1. The number of anilines is 1. The molecule has 0 bridgehead atoms. The molecule has 1 aliphatic rings. The zero-order valence-corrected chi connectivity index (χ0v) is 17.3. The fourth-order valence-corrected chi connectivity index (χ4v) is 3.87. The van der Waals surface area contributed by atoms with Crippen molar-refractivity contribution < 1.29 is 14.0 Å². The van der Waals surface area contributed by atoms with Gasteiger partial charge in [-0.2, -0.15) is 0 Å². The molecule has 0 aromatic heterocycles. The van der Waals surface area contributed by atoms with E-state index in [-0.39, 0.29) is 30.3 Å². The number of Topliss-reactive ketones (excluding diaryl/α,β-unsaturated/α-hetero) is 1. The van der Waals surface area contributed by atoms with Gasteiger partial charge in [-0.1, -0.05) is 54.6 Å². The molecule has 0 radical (unpaired) electrons. The molecule has 3 aromatic carbocycles. The van der Waals surface area contributed by atoms with Gasteiger partial charge in [0.25, 0.3) is 0 Å². The normalized spacial score (nSPS) is 13.8. The lowest BCUT2D eigenvalue weighted by molar-refractivity contribution is -0.131. The topological polar surface area (TPSA) is 40.6 Å². The van der Waals surface area contributed by atoms with E-state index in [1.807, 2.05) is 59.5 Å². The van der Waals surface area contributed by atoms with Gasteiger partial charge >= 0.3 is 0 Å². The lowest BCUT2D eigenvalue weighted by Crippen LogP contribution is -2.48. The molecular formula is C26H25FN2O2. The van der Waals surface area contributed by atoms with Crippen molar-refractivity contribution in [2.75, 3.05) is 31.1 Å². The summed E-state index contributed by atoms with van der Waals surface area (Å²) < 4.78 is 13.1. The molecule has 5 heteroatoms. The number of halogens is 1. The van der Waals surface area contributed by atoms with Crippen molar-refractivity contribution in [3.8, 4) is 11.1 Å². The number of amides is 1. The van der Waals surface area contributed by atoms with Crippen molar-refractivity contribution in [2.24, 2.45) is 0 Å². The molecule has 0 atom stereocenters. The Bertz CT molecular complexity index is 1030. The number of nitrogens with zero attached hydrogens (tertiary/aromatic N) is 2. The van der Waals surface area contributed by atoms with Gasteiger partial charge in [0.15, 0.2) is 5.78 Å². The SMILES string of the molecule is O=C(CCC(=O)N1CCN(c2ccc(F)cc2)CC1)c1ccc(-c2ccccc2)cc1. The van der Waals surface area contributed by atoms with Gasteiger partial charge in [0.2, 0.25) is 5.91 Å². The van der Waals surface area contributed by atoms with E-state index in [0.29, 0.717) is 31.7 Å². The van der Waals surface area contributed by atoms with Gasteiger partial charge in [-0.05, 0) is 35.4 Å². The summed E-state index contributed by atoms with van der Waals surface area (Å²) in [6, 6.07) is 24.0. The Morgan fingerprint density at radius 3 is 1.97 bits per heavy atom. The molecule has 1 amide bonds. The molecule has 1 heterocycles. The maximum Gasteiger partial charge on any atom is 0.223 e. The van der Waals surface area contributed by atoms with Gasteiger partial charge < -0.3 is 9.80 Å². The first-order valence-electron chi connectivity index (χ1n) is 10.6. The number of hydrogen-bond donors (Lipinski definition) is 0. The number of carbonyl (C=O) groups is 2. The lowest BCUT2D eigenvalue weighted by atomic mass is 10.0. The van der Waals surface area contributed by atoms with E-state index < -0.39 is 0 Å². The van der Waals surface area contributed by atoms with Crippen LogP contribution in [-0.4, -0.2) is 42.8 Å². The van der Waals surface area contributed by atoms with Crippen LogP contribution in [0.5, 0.6) is 0 Å². The van der Waals surface area contributed by atoms with Gasteiger partial charge in [0, 0.05) is 50.3 Å². The van der Waals surface area contributed by atoms with Crippen molar-refractivity contribution in [1.82, 2.24) is 4.90 Å². The van der Waals surface area contributed by atoms with Gasteiger partial charge in [0.05, 0.1) is 0 Å². The quantitative estimate of drug-likeness (QED) is 0.542. The molecule has 4 nitrogen and oxygen atoms in total. The fourth-order valence-electron chi connectivity index (χ4n) is 3.87. The van der Waals surface area contributed by atoms with Crippen molar-refractivity contribution in [3.05, 3.63) is 90.2 Å². The summed E-state index contributed by atoms with van der Waals surface area (Å²) in [5.74, 6) is -0.261. The molecule has 31 heavy (non-hydrogen) atoms. The molecule has 4 rings (SSSR count). The Hall–Kier alpha value is -3.47. The highest BCUT2D eigenvalue weighted by Gasteiger charge is 2.22. The van der Waals surface area contributed by atoms with Crippen LogP contribution in [-0.2, 0) is 4.79 Å². The van der Waals surface area contributed by atoms with Crippen LogP contribution in [0, 0.1) is 5.82 Å². The summed E-state index contributed by atoms with van der Waals surface area (Å²) in [7, 11) is 0. The molecule has 0 aliphatic carbocycles. The first-order valence-corrected chi connectivity index (χ1v) is 10.6. The highest BCUT2D eigenvalue weighted by molar-refractivity contribution is 5.98. The summed E-state index contributed by atoms with van der Waals surface area (Å²) in [5.41, 5.74) is 3.76. The largest absolute Gasteiger partial charge is 0.368 e. The molecule has 0 spiro atoms. The molecule has 1 aliphatic heterocycles. The van der Waals surface area contributed by atoms with Crippen LogP contribution in [0.25, 0.3) is 11.1 Å². The van der Waals surface area contributed by atoms with Crippen molar-refractivity contribution in [1.29, 1.82) is 0 Å². The Morgan fingerprint density at radius 1 is 0.710 bits per heavy atom. The van der Waals surface area contributed by atoms with E-state index in [1.165, 1.54) is 12.1 Å². The minimum Gasteiger partial charge on any atom is -0.368 e. The molecule has 3 aromatic rings. The van der Waals surface area contributed by atoms with E-state index in [2.05, 4.69) is 4.90 Å². The van der Waals surface area contributed by atoms with Crippen LogP contribution in [0.4, 0.5) is 10.1 Å². The number of benzene rings is 3. The maximum absolute atomic E-state index is 13.1. The number of carbonyl (C=O) groups excluding carboxylic acids is 2. The van der Waals surface area contributed by atoms with Gasteiger partial charge in [-0.15, -0.1) is 0 Å². The van der Waals surface area contributed by atoms with Gasteiger partial charge in [-0.25, -0.2) is 4.39 Å². The second-order valence-electron chi connectivity index (χ2n) is 7.71. The van der Waals surface area contributed by atoms with Crippen LogP contribution in [0.1, 0.15) is 23.2 Å². The van der Waals surface area contributed by atoms with E-state index in [4.69, 9.17) is 0 Å². The standard InChI is InChI=1S/C26H25FN2O2/c27-23-10-12-24(13-11-23)28-16-18-29(19-17-28)26(31)15-14-25(30)22-8-6-21(7-9-22)20-4-2-1-3-5-20/h1-13H,14-19H2. The number of ketones is 1. The molecule has 158 valence electrons. The summed E-state index contributed by atoms with van der Waals surface area (Å²) in [5, 5.41) is 0. The van der Waals surface area contributed by atoms with Crippen LogP contribution in [0.15, 0.2) is 78.9 Å². The predicted octanol–water partition coefficient (Wildman–Crippen LogP) is 4.80. The first kappa shape index (κ1) is 20.8. The Morgan fingerprint density at radius 2 is 1.32 bits per heavy atom.